The summed E-state index contributed by atoms with van der Waals surface area (Å²) in [6.45, 7) is 6.07. The van der Waals surface area contributed by atoms with Crippen LogP contribution in [0.25, 0.3) is 0 Å². The van der Waals surface area contributed by atoms with Gasteiger partial charge in [0, 0.05) is 49.3 Å². The van der Waals surface area contributed by atoms with Crippen LogP contribution in [0.4, 0.5) is 10.2 Å². The van der Waals surface area contributed by atoms with Gasteiger partial charge in [-0.2, -0.15) is 0 Å². The Morgan fingerprint density at radius 1 is 1.12 bits per heavy atom. The van der Waals surface area contributed by atoms with Gasteiger partial charge >= 0.3 is 0 Å². The lowest BCUT2D eigenvalue weighted by atomic mass is 10.1. The van der Waals surface area contributed by atoms with Crippen LogP contribution in [-0.4, -0.2) is 47.0 Å². The number of rotatable bonds is 2. The van der Waals surface area contributed by atoms with E-state index < -0.39 is 5.82 Å². The number of hydrogen-bond acceptors (Lipinski definition) is 4. The zero-order valence-corrected chi connectivity index (χ0v) is 15.1. The minimum atomic E-state index is -0.437. The van der Waals surface area contributed by atoms with Crippen molar-refractivity contribution in [3.8, 4) is 0 Å². The first-order valence-corrected chi connectivity index (χ1v) is 8.62. The van der Waals surface area contributed by atoms with Gasteiger partial charge in [0.1, 0.15) is 0 Å². The number of pyridine rings is 2. The number of carbonyl (C=O) groups is 1. The summed E-state index contributed by atoms with van der Waals surface area (Å²) in [6.07, 6.45) is 2.19. The predicted octanol–water partition coefficient (Wildman–Crippen LogP) is 3.24. The van der Waals surface area contributed by atoms with Crippen LogP contribution >= 0.6 is 11.6 Å². The molecule has 1 aliphatic rings. The summed E-state index contributed by atoms with van der Waals surface area (Å²) in [4.78, 5) is 24.9. The highest BCUT2D eigenvalue weighted by molar-refractivity contribution is 6.30. The highest BCUT2D eigenvalue weighted by atomic mass is 35.5. The normalized spacial score (nSPS) is 15.2. The van der Waals surface area contributed by atoms with Crippen molar-refractivity contribution in [1.82, 2.24) is 14.9 Å². The molecule has 3 heterocycles. The maximum Gasteiger partial charge on any atom is 0.254 e. The first kappa shape index (κ1) is 17.6. The molecule has 7 heteroatoms. The fourth-order valence-corrected chi connectivity index (χ4v) is 3.26. The molecule has 1 aliphatic heterocycles. The molecular formula is C18H20ClFN4O. The zero-order valence-electron chi connectivity index (χ0n) is 14.3. The molecule has 0 aromatic carbocycles. The first-order valence-electron chi connectivity index (χ1n) is 8.24. The number of nitrogens with zero attached hydrogens (tertiary/aromatic N) is 4. The second-order valence-electron chi connectivity index (χ2n) is 6.23. The predicted molar refractivity (Wildman–Crippen MR) is 95.6 cm³/mol. The lowest BCUT2D eigenvalue weighted by Crippen LogP contribution is -2.35. The summed E-state index contributed by atoms with van der Waals surface area (Å²) >= 11 is 5.77. The lowest BCUT2D eigenvalue weighted by Gasteiger charge is -2.23. The summed E-state index contributed by atoms with van der Waals surface area (Å²) in [5.74, 6) is -0.165. The molecule has 1 fully saturated rings. The highest BCUT2D eigenvalue weighted by Gasteiger charge is 2.23. The van der Waals surface area contributed by atoms with E-state index in [1.807, 2.05) is 23.6 Å². The molecule has 2 aromatic rings. The first-order chi connectivity index (χ1) is 11.9. The van der Waals surface area contributed by atoms with Crippen LogP contribution in [0.15, 0.2) is 24.4 Å². The van der Waals surface area contributed by atoms with Gasteiger partial charge in [0.2, 0.25) is 0 Å². The van der Waals surface area contributed by atoms with E-state index in [4.69, 9.17) is 11.6 Å². The topological polar surface area (TPSA) is 49.3 Å². The maximum absolute atomic E-state index is 14.1. The van der Waals surface area contributed by atoms with E-state index >= 15 is 0 Å². The van der Waals surface area contributed by atoms with Crippen LogP contribution in [0.5, 0.6) is 0 Å². The maximum atomic E-state index is 14.1. The van der Waals surface area contributed by atoms with Crippen LogP contribution in [0.2, 0.25) is 5.02 Å². The number of aryl methyl sites for hydroxylation is 2. The molecule has 3 rings (SSSR count). The van der Waals surface area contributed by atoms with Crippen molar-refractivity contribution < 1.29 is 9.18 Å². The molecule has 0 saturated carbocycles. The van der Waals surface area contributed by atoms with Gasteiger partial charge in [0.15, 0.2) is 11.6 Å². The molecule has 0 bridgehead atoms. The van der Waals surface area contributed by atoms with E-state index in [2.05, 4.69) is 9.97 Å². The third kappa shape index (κ3) is 4.07. The van der Waals surface area contributed by atoms with Crippen LogP contribution in [0, 0.1) is 19.7 Å². The second kappa shape index (κ2) is 7.35. The number of carbonyl (C=O) groups excluding carboxylic acids is 1. The summed E-state index contributed by atoms with van der Waals surface area (Å²) in [5.41, 5.74) is 2.30. The Morgan fingerprint density at radius 2 is 1.84 bits per heavy atom. The van der Waals surface area contributed by atoms with Gasteiger partial charge in [-0.3, -0.25) is 9.78 Å². The average molecular weight is 363 g/mol. The van der Waals surface area contributed by atoms with E-state index in [0.717, 1.165) is 17.8 Å². The quantitative estimate of drug-likeness (QED) is 0.823. The standard InChI is InChI=1S/C18H20ClFN4O/c1-12-8-14(9-13(2)22-12)18(25)24-5-3-4-23(6-7-24)17-16(20)10-15(19)11-21-17/h8-11H,3-7H2,1-2H3. The van der Waals surface area contributed by atoms with E-state index in [1.165, 1.54) is 12.3 Å². The van der Waals surface area contributed by atoms with Gasteiger partial charge in [-0.05, 0) is 38.5 Å². The summed E-state index contributed by atoms with van der Waals surface area (Å²) in [5, 5.41) is 0.274. The molecule has 0 aliphatic carbocycles. The molecule has 1 saturated heterocycles. The number of halogens is 2. The van der Waals surface area contributed by atoms with Crippen LogP contribution in [-0.2, 0) is 0 Å². The third-order valence-corrected chi connectivity index (χ3v) is 4.41. The number of hydrogen-bond donors (Lipinski definition) is 0. The molecule has 0 atom stereocenters. The van der Waals surface area contributed by atoms with Crippen LogP contribution in [0.3, 0.4) is 0 Å². The molecule has 5 nitrogen and oxygen atoms in total. The minimum absolute atomic E-state index is 0.0139. The van der Waals surface area contributed by atoms with Gasteiger partial charge in [-0.1, -0.05) is 11.6 Å². The highest BCUT2D eigenvalue weighted by Crippen LogP contribution is 2.21. The van der Waals surface area contributed by atoms with Gasteiger partial charge in [-0.15, -0.1) is 0 Å². The molecule has 0 radical (unpaired) electrons. The lowest BCUT2D eigenvalue weighted by molar-refractivity contribution is 0.0766. The molecule has 0 spiro atoms. The summed E-state index contributed by atoms with van der Waals surface area (Å²) in [6, 6.07) is 4.87. The third-order valence-electron chi connectivity index (χ3n) is 4.20. The van der Waals surface area contributed by atoms with Crippen molar-refractivity contribution in [3.05, 3.63) is 52.2 Å². The van der Waals surface area contributed by atoms with Gasteiger partial charge in [-0.25, -0.2) is 9.37 Å². The summed E-state index contributed by atoms with van der Waals surface area (Å²) in [7, 11) is 0. The second-order valence-corrected chi connectivity index (χ2v) is 6.67. The van der Waals surface area contributed by atoms with Crippen LogP contribution < -0.4 is 4.90 Å². The Labute approximate surface area is 151 Å². The van der Waals surface area contributed by atoms with E-state index in [1.54, 1.807) is 12.1 Å². The van der Waals surface area contributed by atoms with Crippen molar-refractivity contribution in [1.29, 1.82) is 0 Å². The smallest absolute Gasteiger partial charge is 0.254 e. The van der Waals surface area contributed by atoms with Crippen LogP contribution in [0.1, 0.15) is 28.2 Å². The van der Waals surface area contributed by atoms with Crippen molar-refractivity contribution >= 4 is 23.3 Å². The van der Waals surface area contributed by atoms with E-state index in [-0.39, 0.29) is 16.7 Å². The SMILES string of the molecule is Cc1cc(C(=O)N2CCCN(c3ncc(Cl)cc3F)CC2)cc(C)n1. The Balaban J connectivity index is 1.73. The van der Waals surface area contributed by atoms with Crippen molar-refractivity contribution in [3.63, 3.8) is 0 Å². The number of amides is 1. The Kier molecular flexibility index (Phi) is 5.18. The van der Waals surface area contributed by atoms with Gasteiger partial charge < -0.3 is 9.80 Å². The van der Waals surface area contributed by atoms with Crippen molar-refractivity contribution in [2.24, 2.45) is 0 Å². The number of anilines is 1. The minimum Gasteiger partial charge on any atom is -0.352 e. The average Bonchev–Trinajstić information content (AvgIpc) is 2.79. The van der Waals surface area contributed by atoms with Gasteiger partial charge in [0.05, 0.1) is 5.02 Å². The molecule has 2 aromatic heterocycles. The molecule has 25 heavy (non-hydrogen) atoms. The Morgan fingerprint density at radius 3 is 2.52 bits per heavy atom. The molecule has 1 amide bonds. The van der Waals surface area contributed by atoms with Crippen molar-refractivity contribution in [2.75, 3.05) is 31.1 Å². The van der Waals surface area contributed by atoms with Crippen molar-refractivity contribution in [2.45, 2.75) is 20.3 Å². The Hall–Kier alpha value is -2.21. The zero-order chi connectivity index (χ0) is 18.0. The molecule has 132 valence electrons. The molecule has 0 N–H and O–H groups in total. The fraction of sp³-hybridized carbons (Fsp3) is 0.389. The van der Waals surface area contributed by atoms with E-state index in [9.17, 15) is 9.18 Å². The molecular weight excluding hydrogens is 343 g/mol. The number of aromatic nitrogens is 2. The molecule has 0 unspecified atom stereocenters. The monoisotopic (exact) mass is 362 g/mol. The van der Waals surface area contributed by atoms with Gasteiger partial charge in [0.25, 0.3) is 5.91 Å². The Bertz CT molecular complexity index is 778. The largest absolute Gasteiger partial charge is 0.352 e. The fourth-order valence-electron chi connectivity index (χ4n) is 3.11. The van der Waals surface area contributed by atoms with E-state index in [0.29, 0.717) is 31.7 Å². The summed E-state index contributed by atoms with van der Waals surface area (Å²) < 4.78 is 14.1.